The lowest BCUT2D eigenvalue weighted by Crippen LogP contribution is -2.25. The molecule has 1 heterocycles. The Labute approximate surface area is 99.5 Å². The Hall–Kier alpha value is -1.16. The molecule has 0 aliphatic carbocycles. The molecule has 1 aromatic carbocycles. The molecule has 1 aliphatic rings. The number of fused-ring (bicyclic) bond motifs is 1. The van der Waals surface area contributed by atoms with E-state index in [1.807, 2.05) is 26.0 Å². The second-order valence-electron chi connectivity index (χ2n) is 5.04. The van der Waals surface area contributed by atoms with Gasteiger partial charge in [-0.05, 0) is 19.4 Å². The smallest absolute Gasteiger partial charge is 0.353 e. The summed E-state index contributed by atoms with van der Waals surface area (Å²) >= 11 is 0. The molecular formula is C13H16F2O2. The molecule has 0 amide bonds. The number of benzene rings is 1. The van der Waals surface area contributed by atoms with Crippen LogP contribution in [0, 0.1) is 0 Å². The standard InChI is InChI=1S/C13H16F2O2/c1-12(2)7-9-5-4-6-10(11(9)17-12)8-16-13(3,14)15/h4-6H,7-8H2,1-3H3. The van der Waals surface area contributed by atoms with Gasteiger partial charge in [0.05, 0.1) is 6.61 Å². The number of ether oxygens (including phenoxy) is 2. The number of hydrogen-bond acceptors (Lipinski definition) is 2. The van der Waals surface area contributed by atoms with Gasteiger partial charge in [-0.2, -0.15) is 8.78 Å². The maximum absolute atomic E-state index is 12.6. The van der Waals surface area contributed by atoms with Gasteiger partial charge in [-0.25, -0.2) is 0 Å². The van der Waals surface area contributed by atoms with E-state index in [-0.39, 0.29) is 12.2 Å². The van der Waals surface area contributed by atoms with Crippen molar-refractivity contribution >= 4 is 0 Å². The van der Waals surface area contributed by atoms with Crippen molar-refractivity contribution < 1.29 is 18.3 Å². The summed E-state index contributed by atoms with van der Waals surface area (Å²) in [7, 11) is 0. The van der Waals surface area contributed by atoms with E-state index in [1.54, 1.807) is 6.07 Å². The van der Waals surface area contributed by atoms with Crippen LogP contribution in [0.4, 0.5) is 8.78 Å². The molecule has 1 aliphatic heterocycles. The van der Waals surface area contributed by atoms with Gasteiger partial charge in [0.25, 0.3) is 0 Å². The lowest BCUT2D eigenvalue weighted by Gasteiger charge is -2.18. The Morgan fingerprint density at radius 1 is 1.41 bits per heavy atom. The first-order valence-corrected chi connectivity index (χ1v) is 5.58. The Kier molecular flexibility index (Phi) is 2.86. The fourth-order valence-electron chi connectivity index (χ4n) is 2.00. The fraction of sp³-hybridized carbons (Fsp3) is 0.538. The van der Waals surface area contributed by atoms with Crippen molar-refractivity contribution in [1.82, 2.24) is 0 Å². The summed E-state index contributed by atoms with van der Waals surface area (Å²) in [5.74, 6) is 0.696. The summed E-state index contributed by atoms with van der Waals surface area (Å²) in [6.07, 6.45) is -2.32. The van der Waals surface area contributed by atoms with Gasteiger partial charge in [0.2, 0.25) is 0 Å². The Bertz CT molecular complexity index is 422. The Morgan fingerprint density at radius 3 is 2.76 bits per heavy atom. The minimum Gasteiger partial charge on any atom is -0.487 e. The van der Waals surface area contributed by atoms with Gasteiger partial charge in [-0.15, -0.1) is 0 Å². The highest BCUT2D eigenvalue weighted by Gasteiger charge is 2.32. The van der Waals surface area contributed by atoms with Crippen LogP contribution in [0.25, 0.3) is 0 Å². The maximum atomic E-state index is 12.6. The van der Waals surface area contributed by atoms with Gasteiger partial charge >= 0.3 is 6.11 Å². The zero-order valence-corrected chi connectivity index (χ0v) is 10.2. The van der Waals surface area contributed by atoms with E-state index in [2.05, 4.69) is 4.74 Å². The second-order valence-corrected chi connectivity index (χ2v) is 5.04. The molecule has 0 bridgehead atoms. The molecule has 0 saturated carbocycles. The monoisotopic (exact) mass is 242 g/mol. The third-order valence-corrected chi connectivity index (χ3v) is 2.65. The van der Waals surface area contributed by atoms with Crippen molar-refractivity contribution in [2.45, 2.75) is 45.5 Å². The second kappa shape index (κ2) is 3.95. The molecular weight excluding hydrogens is 226 g/mol. The molecule has 0 N–H and O–H groups in total. The van der Waals surface area contributed by atoms with Crippen molar-refractivity contribution in [2.24, 2.45) is 0 Å². The number of halogens is 2. The molecule has 17 heavy (non-hydrogen) atoms. The molecule has 2 rings (SSSR count). The van der Waals surface area contributed by atoms with Gasteiger partial charge in [-0.3, -0.25) is 0 Å². The average Bonchev–Trinajstić information content (AvgIpc) is 2.47. The first-order valence-electron chi connectivity index (χ1n) is 5.58. The van der Waals surface area contributed by atoms with Gasteiger partial charge in [0, 0.05) is 18.9 Å². The fourth-order valence-corrected chi connectivity index (χ4v) is 2.00. The van der Waals surface area contributed by atoms with E-state index in [1.165, 1.54) is 0 Å². The Balaban J connectivity index is 2.19. The molecule has 0 fully saturated rings. The highest BCUT2D eigenvalue weighted by atomic mass is 19.3. The predicted molar refractivity (Wildman–Crippen MR) is 60.3 cm³/mol. The largest absolute Gasteiger partial charge is 0.487 e. The van der Waals surface area contributed by atoms with Gasteiger partial charge in [-0.1, -0.05) is 18.2 Å². The highest BCUT2D eigenvalue weighted by molar-refractivity contribution is 5.45. The van der Waals surface area contributed by atoms with Crippen LogP contribution < -0.4 is 4.74 Å². The van der Waals surface area contributed by atoms with Crippen LogP contribution in [0.3, 0.4) is 0 Å². The normalized spacial score (nSPS) is 17.7. The molecule has 0 saturated heterocycles. The lowest BCUT2D eigenvalue weighted by molar-refractivity contribution is -0.231. The lowest BCUT2D eigenvalue weighted by atomic mass is 10.0. The number of para-hydroxylation sites is 1. The first kappa shape index (κ1) is 12.3. The van der Waals surface area contributed by atoms with Crippen LogP contribution in [-0.2, 0) is 17.8 Å². The topological polar surface area (TPSA) is 18.5 Å². The molecule has 0 unspecified atom stereocenters. The molecule has 2 nitrogen and oxygen atoms in total. The summed E-state index contributed by atoms with van der Waals surface area (Å²) in [4.78, 5) is 0. The minimum absolute atomic E-state index is 0.136. The zero-order valence-electron chi connectivity index (χ0n) is 10.2. The molecule has 1 aromatic rings. The third-order valence-electron chi connectivity index (χ3n) is 2.65. The van der Waals surface area contributed by atoms with Crippen LogP contribution in [0.15, 0.2) is 18.2 Å². The van der Waals surface area contributed by atoms with Gasteiger partial charge in [0.1, 0.15) is 11.4 Å². The van der Waals surface area contributed by atoms with Crippen LogP contribution in [-0.4, -0.2) is 11.7 Å². The van der Waals surface area contributed by atoms with E-state index < -0.39 is 6.11 Å². The molecule has 94 valence electrons. The van der Waals surface area contributed by atoms with Crippen LogP contribution in [0.1, 0.15) is 31.9 Å². The summed E-state index contributed by atoms with van der Waals surface area (Å²) in [5, 5.41) is 0. The van der Waals surface area contributed by atoms with Crippen molar-refractivity contribution in [3.05, 3.63) is 29.3 Å². The van der Waals surface area contributed by atoms with E-state index in [9.17, 15) is 8.78 Å². The minimum atomic E-state index is -3.11. The SMILES string of the molecule is CC(F)(F)OCc1cccc2c1OC(C)(C)C2. The molecule has 0 radical (unpaired) electrons. The molecule has 0 atom stereocenters. The quantitative estimate of drug-likeness (QED) is 0.807. The number of hydrogen-bond donors (Lipinski definition) is 0. The average molecular weight is 242 g/mol. The molecule has 4 heteroatoms. The first-order chi connectivity index (χ1) is 7.77. The van der Waals surface area contributed by atoms with Crippen LogP contribution in [0.2, 0.25) is 0 Å². The van der Waals surface area contributed by atoms with E-state index in [4.69, 9.17) is 4.74 Å². The van der Waals surface area contributed by atoms with E-state index in [0.717, 1.165) is 18.9 Å². The van der Waals surface area contributed by atoms with E-state index in [0.29, 0.717) is 11.3 Å². The number of rotatable bonds is 3. The van der Waals surface area contributed by atoms with Gasteiger partial charge in [0.15, 0.2) is 0 Å². The third kappa shape index (κ3) is 2.94. The zero-order chi connectivity index (χ0) is 12.7. The summed E-state index contributed by atoms with van der Waals surface area (Å²) < 4.78 is 35.6. The predicted octanol–water partition coefficient (Wildman–Crippen LogP) is 3.53. The summed E-state index contributed by atoms with van der Waals surface area (Å²) in [6.45, 7) is 4.56. The number of alkyl halides is 2. The van der Waals surface area contributed by atoms with Crippen molar-refractivity contribution in [1.29, 1.82) is 0 Å². The highest BCUT2D eigenvalue weighted by Crippen LogP contribution is 2.38. The maximum Gasteiger partial charge on any atom is 0.353 e. The molecule has 0 aromatic heterocycles. The summed E-state index contributed by atoms with van der Waals surface area (Å²) in [6, 6.07) is 5.56. The van der Waals surface area contributed by atoms with Crippen molar-refractivity contribution in [3.63, 3.8) is 0 Å². The van der Waals surface area contributed by atoms with Gasteiger partial charge < -0.3 is 9.47 Å². The Morgan fingerprint density at radius 2 is 2.12 bits per heavy atom. The molecule has 0 spiro atoms. The van der Waals surface area contributed by atoms with Crippen molar-refractivity contribution in [3.8, 4) is 5.75 Å². The summed E-state index contributed by atoms with van der Waals surface area (Å²) in [5.41, 5.74) is 1.46. The van der Waals surface area contributed by atoms with Crippen LogP contribution in [0.5, 0.6) is 5.75 Å². The van der Waals surface area contributed by atoms with Crippen molar-refractivity contribution in [2.75, 3.05) is 0 Å². The van der Waals surface area contributed by atoms with Crippen LogP contribution >= 0.6 is 0 Å². The van der Waals surface area contributed by atoms with E-state index >= 15 is 0 Å².